The van der Waals surface area contributed by atoms with Crippen LogP contribution in [-0.2, 0) is 0 Å². The molecule has 1 heterocycles. The van der Waals surface area contributed by atoms with Gasteiger partial charge in [0.15, 0.2) is 0 Å². The molecule has 0 saturated carbocycles. The lowest BCUT2D eigenvalue weighted by Gasteiger charge is -2.27. The van der Waals surface area contributed by atoms with Gasteiger partial charge in [0.2, 0.25) is 0 Å². The summed E-state index contributed by atoms with van der Waals surface area (Å²) in [6.45, 7) is 0. The van der Waals surface area contributed by atoms with Crippen molar-refractivity contribution in [3.05, 3.63) is 164 Å². The van der Waals surface area contributed by atoms with Crippen LogP contribution in [-0.4, -0.2) is 0 Å². The van der Waals surface area contributed by atoms with E-state index in [4.69, 9.17) is 4.42 Å². The van der Waals surface area contributed by atoms with Gasteiger partial charge in [-0.05, 0) is 76.2 Å². The number of rotatable bonds is 5. The molecule has 0 radical (unpaired) electrons. The Kier molecular flexibility index (Phi) is 5.82. The SMILES string of the molecule is c1ccc(-c2ccccc2-c2ccc(N(c3ccccc3)c3cccc4c3ccc3oc5ccccc5c34)cc2)cc1. The maximum atomic E-state index is 6.21. The second kappa shape index (κ2) is 10.1. The molecule has 0 bridgehead atoms. The third-order valence-corrected chi connectivity index (χ3v) is 8.08. The average Bonchev–Trinajstić information content (AvgIpc) is 3.46. The Morgan fingerprint density at radius 2 is 0.952 bits per heavy atom. The summed E-state index contributed by atoms with van der Waals surface area (Å²) in [5.74, 6) is 0. The summed E-state index contributed by atoms with van der Waals surface area (Å²) in [4.78, 5) is 2.35. The maximum Gasteiger partial charge on any atom is 0.136 e. The Balaban J connectivity index is 1.29. The molecule has 1 aromatic heterocycles. The van der Waals surface area contributed by atoms with Gasteiger partial charge in [-0.1, -0.05) is 115 Å². The minimum absolute atomic E-state index is 0.911. The van der Waals surface area contributed by atoms with Crippen molar-refractivity contribution in [3.63, 3.8) is 0 Å². The first-order valence-corrected chi connectivity index (χ1v) is 14.3. The van der Waals surface area contributed by atoms with E-state index in [-0.39, 0.29) is 0 Å². The molecule has 0 fully saturated rings. The molecular weight excluding hydrogens is 510 g/mol. The second-order valence-corrected chi connectivity index (χ2v) is 10.5. The summed E-state index contributed by atoms with van der Waals surface area (Å²) in [5.41, 5.74) is 10.0. The normalized spacial score (nSPS) is 11.3. The molecular formula is C40H27NO. The first-order chi connectivity index (χ1) is 20.8. The zero-order valence-corrected chi connectivity index (χ0v) is 22.9. The van der Waals surface area contributed by atoms with Gasteiger partial charge in [0.05, 0.1) is 5.69 Å². The predicted octanol–water partition coefficient (Wildman–Crippen LogP) is 11.5. The molecule has 0 spiro atoms. The van der Waals surface area contributed by atoms with Crippen LogP contribution in [0, 0.1) is 0 Å². The highest BCUT2D eigenvalue weighted by molar-refractivity contribution is 6.21. The number of para-hydroxylation sites is 2. The molecule has 7 aromatic carbocycles. The molecule has 0 amide bonds. The fourth-order valence-electron chi connectivity index (χ4n) is 6.16. The second-order valence-electron chi connectivity index (χ2n) is 10.5. The summed E-state index contributed by atoms with van der Waals surface area (Å²) < 4.78 is 6.21. The highest BCUT2D eigenvalue weighted by Gasteiger charge is 2.18. The van der Waals surface area contributed by atoms with Gasteiger partial charge < -0.3 is 9.32 Å². The number of benzene rings is 7. The molecule has 198 valence electrons. The van der Waals surface area contributed by atoms with Crippen LogP contribution in [0.1, 0.15) is 0 Å². The van der Waals surface area contributed by atoms with E-state index < -0.39 is 0 Å². The zero-order valence-electron chi connectivity index (χ0n) is 22.9. The molecule has 0 unspecified atom stereocenters. The number of furan rings is 1. The Bertz CT molecular complexity index is 2180. The molecule has 0 saturated heterocycles. The Labute approximate surface area is 244 Å². The first kappa shape index (κ1) is 24.2. The van der Waals surface area contributed by atoms with Crippen molar-refractivity contribution in [2.24, 2.45) is 0 Å². The molecule has 0 N–H and O–H groups in total. The highest BCUT2D eigenvalue weighted by Crippen LogP contribution is 2.43. The summed E-state index contributed by atoms with van der Waals surface area (Å²) in [6.07, 6.45) is 0. The van der Waals surface area contributed by atoms with E-state index in [1.807, 2.05) is 12.1 Å². The lowest BCUT2D eigenvalue weighted by atomic mass is 9.94. The van der Waals surface area contributed by atoms with Crippen LogP contribution in [0.25, 0.3) is 55.0 Å². The molecule has 0 aliphatic carbocycles. The third kappa shape index (κ3) is 4.05. The molecule has 2 heteroatoms. The summed E-state index contributed by atoms with van der Waals surface area (Å²) >= 11 is 0. The number of hydrogen-bond acceptors (Lipinski definition) is 2. The minimum atomic E-state index is 0.911. The van der Waals surface area contributed by atoms with Crippen LogP contribution >= 0.6 is 0 Å². The predicted molar refractivity (Wildman–Crippen MR) is 177 cm³/mol. The van der Waals surface area contributed by atoms with Gasteiger partial charge in [0.1, 0.15) is 11.2 Å². The van der Waals surface area contributed by atoms with Gasteiger partial charge in [0, 0.05) is 27.5 Å². The van der Waals surface area contributed by atoms with Crippen molar-refractivity contribution in [2.45, 2.75) is 0 Å². The van der Waals surface area contributed by atoms with Crippen LogP contribution in [0.3, 0.4) is 0 Å². The van der Waals surface area contributed by atoms with E-state index in [0.717, 1.165) is 39.0 Å². The van der Waals surface area contributed by atoms with E-state index in [2.05, 4.69) is 157 Å². The van der Waals surface area contributed by atoms with Crippen molar-refractivity contribution >= 4 is 49.8 Å². The molecule has 2 nitrogen and oxygen atoms in total. The van der Waals surface area contributed by atoms with E-state index >= 15 is 0 Å². The van der Waals surface area contributed by atoms with Gasteiger partial charge >= 0.3 is 0 Å². The largest absolute Gasteiger partial charge is 0.456 e. The Morgan fingerprint density at radius 1 is 0.357 bits per heavy atom. The lowest BCUT2D eigenvalue weighted by molar-refractivity contribution is 0.669. The molecule has 0 atom stereocenters. The standard InChI is InChI=1S/C40H27NO/c1-3-12-28(13-4-1)32-16-7-8-17-33(32)29-22-24-31(25-23-29)41(30-14-5-2-6-15-30)37-20-11-19-35-34(37)26-27-39-40(35)36-18-9-10-21-38(36)42-39/h1-27H. The van der Waals surface area contributed by atoms with Crippen LogP contribution in [0.2, 0.25) is 0 Å². The van der Waals surface area contributed by atoms with Gasteiger partial charge in [-0.3, -0.25) is 0 Å². The molecule has 8 aromatic rings. The number of fused-ring (bicyclic) bond motifs is 5. The van der Waals surface area contributed by atoms with Crippen LogP contribution < -0.4 is 4.90 Å². The third-order valence-electron chi connectivity index (χ3n) is 8.08. The van der Waals surface area contributed by atoms with Crippen molar-refractivity contribution in [3.8, 4) is 22.3 Å². The fraction of sp³-hybridized carbons (Fsp3) is 0. The average molecular weight is 538 g/mol. The van der Waals surface area contributed by atoms with Crippen molar-refractivity contribution in [2.75, 3.05) is 4.90 Å². The Morgan fingerprint density at radius 3 is 1.71 bits per heavy atom. The number of hydrogen-bond donors (Lipinski definition) is 0. The molecule has 0 aliphatic heterocycles. The van der Waals surface area contributed by atoms with E-state index in [9.17, 15) is 0 Å². The number of anilines is 3. The highest BCUT2D eigenvalue weighted by atomic mass is 16.3. The molecule has 0 aliphatic rings. The monoisotopic (exact) mass is 537 g/mol. The first-order valence-electron chi connectivity index (χ1n) is 14.3. The summed E-state index contributed by atoms with van der Waals surface area (Å²) in [7, 11) is 0. The lowest BCUT2D eigenvalue weighted by Crippen LogP contribution is -2.10. The smallest absolute Gasteiger partial charge is 0.136 e. The van der Waals surface area contributed by atoms with Crippen molar-refractivity contribution in [1.29, 1.82) is 0 Å². The van der Waals surface area contributed by atoms with Crippen molar-refractivity contribution < 1.29 is 4.42 Å². The molecule has 8 rings (SSSR count). The van der Waals surface area contributed by atoms with Gasteiger partial charge in [0.25, 0.3) is 0 Å². The maximum absolute atomic E-state index is 6.21. The minimum Gasteiger partial charge on any atom is -0.456 e. The van der Waals surface area contributed by atoms with Crippen molar-refractivity contribution in [1.82, 2.24) is 0 Å². The topological polar surface area (TPSA) is 16.4 Å². The number of nitrogens with zero attached hydrogens (tertiary/aromatic N) is 1. The quantitative estimate of drug-likeness (QED) is 0.217. The van der Waals surface area contributed by atoms with E-state index in [1.54, 1.807) is 0 Å². The van der Waals surface area contributed by atoms with Gasteiger partial charge in [-0.2, -0.15) is 0 Å². The van der Waals surface area contributed by atoms with Gasteiger partial charge in [-0.15, -0.1) is 0 Å². The van der Waals surface area contributed by atoms with Crippen LogP contribution in [0.4, 0.5) is 17.1 Å². The Hall–Kier alpha value is -5.60. The summed E-state index contributed by atoms with van der Waals surface area (Å²) in [5, 5.41) is 4.66. The van der Waals surface area contributed by atoms with E-state index in [1.165, 1.54) is 33.0 Å². The van der Waals surface area contributed by atoms with E-state index in [0.29, 0.717) is 0 Å². The fourth-order valence-corrected chi connectivity index (χ4v) is 6.16. The van der Waals surface area contributed by atoms with Crippen LogP contribution in [0.5, 0.6) is 0 Å². The van der Waals surface area contributed by atoms with Crippen LogP contribution in [0.15, 0.2) is 168 Å². The molecule has 42 heavy (non-hydrogen) atoms. The zero-order chi connectivity index (χ0) is 27.9. The van der Waals surface area contributed by atoms with Gasteiger partial charge in [-0.25, -0.2) is 0 Å². The summed E-state index contributed by atoms with van der Waals surface area (Å²) in [6, 6.07) is 57.9.